The summed E-state index contributed by atoms with van der Waals surface area (Å²) in [5.74, 6) is 6.13. The van der Waals surface area contributed by atoms with E-state index in [0.29, 0.717) is 24.4 Å². The molecule has 1 aliphatic heterocycles. The molecule has 2 aromatic heterocycles. The fourth-order valence-corrected chi connectivity index (χ4v) is 6.54. The summed E-state index contributed by atoms with van der Waals surface area (Å²) in [7, 11) is 0. The predicted molar refractivity (Wildman–Crippen MR) is 156 cm³/mol. The topological polar surface area (TPSA) is 105 Å². The number of aliphatic hydroxyl groups excluding tert-OH is 1. The Bertz CT molecular complexity index is 1400. The number of hydrogen-bond donors (Lipinski definition) is 1. The van der Waals surface area contributed by atoms with Crippen LogP contribution in [0.2, 0.25) is 0 Å². The number of aromatic nitrogens is 2. The second kappa shape index (κ2) is 12.0. The molecule has 2 fully saturated rings. The van der Waals surface area contributed by atoms with Gasteiger partial charge in [0.25, 0.3) is 5.91 Å². The first-order valence-corrected chi connectivity index (χ1v) is 15.0. The van der Waals surface area contributed by atoms with Crippen LogP contribution in [0.4, 0.5) is 4.79 Å². The lowest BCUT2D eigenvalue weighted by molar-refractivity contribution is -0.125. The van der Waals surface area contributed by atoms with Crippen LogP contribution in [0.5, 0.6) is 0 Å². The Hall–Kier alpha value is -3.35. The molecule has 0 spiro atoms. The zero-order valence-corrected chi connectivity index (χ0v) is 24.2. The summed E-state index contributed by atoms with van der Waals surface area (Å²) < 4.78 is 5.46. The molecule has 9 heteroatoms. The van der Waals surface area contributed by atoms with E-state index in [1.165, 1.54) is 11.3 Å². The van der Waals surface area contributed by atoms with Crippen LogP contribution in [0.1, 0.15) is 100 Å². The summed E-state index contributed by atoms with van der Waals surface area (Å²) in [6.45, 7) is 5.81. The number of ether oxygens (including phenoxy) is 1. The minimum atomic E-state index is -0.707. The van der Waals surface area contributed by atoms with Crippen molar-refractivity contribution >= 4 is 35.1 Å². The highest BCUT2D eigenvalue weighted by molar-refractivity contribution is 7.10. The van der Waals surface area contributed by atoms with Gasteiger partial charge in [0, 0.05) is 29.8 Å². The van der Waals surface area contributed by atoms with Gasteiger partial charge < -0.3 is 14.7 Å². The minimum absolute atomic E-state index is 0.0438. The van der Waals surface area contributed by atoms with E-state index in [4.69, 9.17) is 9.72 Å². The van der Waals surface area contributed by atoms with Crippen molar-refractivity contribution in [3.8, 4) is 23.1 Å². The molecule has 3 heterocycles. The third-order valence-electron chi connectivity index (χ3n) is 7.38. The van der Waals surface area contributed by atoms with Crippen LogP contribution in [0.15, 0.2) is 22.5 Å². The summed E-state index contributed by atoms with van der Waals surface area (Å²) in [4.78, 5) is 42.4. The second-order valence-electron chi connectivity index (χ2n) is 11.5. The molecule has 5 rings (SSSR count). The van der Waals surface area contributed by atoms with Crippen molar-refractivity contribution in [2.45, 2.75) is 90.4 Å². The summed E-state index contributed by atoms with van der Waals surface area (Å²) >= 11 is 1.52. The largest absolute Gasteiger partial charge is 0.442 e. The highest BCUT2D eigenvalue weighted by atomic mass is 32.1. The fraction of sp³-hybridized carbons (Fsp3) is 0.516. The molecule has 0 radical (unpaired) electrons. The number of nitrogens with zero attached hydrogens (tertiary/aromatic N) is 4. The Balaban J connectivity index is 1.45. The Labute approximate surface area is 239 Å². The Kier molecular flexibility index (Phi) is 8.48. The predicted octanol–water partition coefficient (Wildman–Crippen LogP) is 6.09. The van der Waals surface area contributed by atoms with Crippen LogP contribution in [-0.4, -0.2) is 49.8 Å². The molecule has 1 saturated carbocycles. The Morgan fingerprint density at radius 2 is 1.98 bits per heavy atom. The molecule has 0 unspecified atom stereocenters. The first-order valence-electron chi connectivity index (χ1n) is 14.1. The Morgan fingerprint density at radius 1 is 1.18 bits per heavy atom. The molecule has 1 saturated heterocycles. The number of likely N-dealkylation sites (tertiary alicyclic amines) is 1. The molecule has 8 nitrogen and oxygen atoms in total. The average molecular weight is 561 g/mol. The van der Waals surface area contributed by atoms with Crippen molar-refractivity contribution < 1.29 is 19.4 Å². The number of amides is 2. The van der Waals surface area contributed by atoms with E-state index in [9.17, 15) is 14.7 Å². The second-order valence-corrected chi connectivity index (χ2v) is 12.4. The SMILES string of the molecule is CC(C)(C)OC(=O)N=C(C(=O)N1CCC[C@H]1c1nc(-c2cc(CO)nc3c2C#CCC=C3)cs1)C1CCCCC1. The van der Waals surface area contributed by atoms with Gasteiger partial charge in [-0.05, 0) is 58.6 Å². The van der Waals surface area contributed by atoms with E-state index in [1.807, 2.05) is 28.5 Å². The summed E-state index contributed by atoms with van der Waals surface area (Å²) in [6.07, 6.45) is 10.3. The molecule has 3 aliphatic rings. The van der Waals surface area contributed by atoms with Crippen molar-refractivity contribution in [1.29, 1.82) is 0 Å². The normalized spacial score (nSPS) is 19.6. The van der Waals surface area contributed by atoms with Gasteiger partial charge in [-0.3, -0.25) is 4.79 Å². The molecular weight excluding hydrogens is 524 g/mol. The lowest BCUT2D eigenvalue weighted by Crippen LogP contribution is -2.40. The third-order valence-corrected chi connectivity index (χ3v) is 8.33. The Morgan fingerprint density at radius 3 is 2.73 bits per heavy atom. The van der Waals surface area contributed by atoms with E-state index in [-0.39, 0.29) is 24.5 Å². The number of pyridine rings is 1. The van der Waals surface area contributed by atoms with Gasteiger partial charge in [-0.2, -0.15) is 4.99 Å². The van der Waals surface area contributed by atoms with Gasteiger partial charge in [0.1, 0.15) is 16.3 Å². The zero-order valence-electron chi connectivity index (χ0n) is 23.4. The maximum atomic E-state index is 14.0. The third kappa shape index (κ3) is 6.34. The van der Waals surface area contributed by atoms with Gasteiger partial charge in [-0.1, -0.05) is 37.2 Å². The molecule has 2 aliphatic carbocycles. The molecule has 2 amide bonds. The number of carbonyl (C=O) groups excluding carboxylic acids is 2. The van der Waals surface area contributed by atoms with E-state index in [0.717, 1.165) is 72.5 Å². The number of hydrogen-bond acceptors (Lipinski definition) is 7. The first-order chi connectivity index (χ1) is 19.2. The van der Waals surface area contributed by atoms with E-state index >= 15 is 0 Å². The number of thiazole rings is 1. The van der Waals surface area contributed by atoms with Gasteiger partial charge >= 0.3 is 6.09 Å². The highest BCUT2D eigenvalue weighted by Gasteiger charge is 2.37. The fourth-order valence-electron chi connectivity index (χ4n) is 5.57. The van der Waals surface area contributed by atoms with E-state index in [1.54, 1.807) is 20.8 Å². The van der Waals surface area contributed by atoms with Crippen LogP contribution in [0, 0.1) is 17.8 Å². The minimum Gasteiger partial charge on any atom is -0.442 e. The van der Waals surface area contributed by atoms with Crippen LogP contribution >= 0.6 is 11.3 Å². The number of fused-ring (bicyclic) bond motifs is 1. The summed E-state index contributed by atoms with van der Waals surface area (Å²) in [5, 5.41) is 12.6. The molecule has 2 aromatic rings. The van der Waals surface area contributed by atoms with E-state index in [2.05, 4.69) is 21.8 Å². The number of allylic oxidation sites excluding steroid dienone is 1. The molecule has 40 heavy (non-hydrogen) atoms. The number of carbonyl (C=O) groups is 2. The van der Waals surface area contributed by atoms with E-state index < -0.39 is 11.7 Å². The maximum absolute atomic E-state index is 14.0. The smallest absolute Gasteiger partial charge is 0.434 e. The van der Waals surface area contributed by atoms with Crippen molar-refractivity contribution in [1.82, 2.24) is 14.9 Å². The number of aliphatic imine (C=N–C) groups is 1. The lowest BCUT2D eigenvalue weighted by Gasteiger charge is -2.29. The quantitative estimate of drug-likeness (QED) is 0.351. The first kappa shape index (κ1) is 28.2. The summed E-state index contributed by atoms with van der Waals surface area (Å²) in [6, 6.07) is 1.65. The van der Waals surface area contributed by atoms with Crippen molar-refractivity contribution in [3.05, 3.63) is 39.5 Å². The van der Waals surface area contributed by atoms with Crippen molar-refractivity contribution in [2.75, 3.05) is 6.54 Å². The lowest BCUT2D eigenvalue weighted by atomic mass is 9.85. The van der Waals surface area contributed by atoms with Gasteiger partial charge in [-0.25, -0.2) is 14.8 Å². The van der Waals surface area contributed by atoms with Crippen molar-refractivity contribution in [3.63, 3.8) is 0 Å². The number of aliphatic hydroxyl groups is 1. The van der Waals surface area contributed by atoms with Crippen molar-refractivity contribution in [2.24, 2.45) is 10.9 Å². The van der Waals surface area contributed by atoms with Gasteiger partial charge in [-0.15, -0.1) is 11.3 Å². The standard InChI is InChI=1S/C31H36N4O4S/c1-31(2,3)39-30(38)34-27(20-11-6-4-7-12-20)29(37)35-16-10-15-26(35)28-33-25(19-40-28)23-17-21(18-36)32-24-14-9-5-8-13-22(23)24/h9,14,17,19-20,26,36H,4-7,10-12,15-16,18H2,1-3H3/t26-/m0/s1. The van der Waals surface area contributed by atoms with Crippen LogP contribution in [-0.2, 0) is 16.1 Å². The van der Waals surface area contributed by atoms with Crippen LogP contribution in [0.25, 0.3) is 17.3 Å². The zero-order chi connectivity index (χ0) is 28.3. The molecule has 0 bridgehead atoms. The van der Waals surface area contributed by atoms with Gasteiger partial charge in [0.15, 0.2) is 0 Å². The molecular formula is C31H36N4O4S. The molecule has 1 N–H and O–H groups in total. The van der Waals surface area contributed by atoms with Crippen LogP contribution in [0.3, 0.4) is 0 Å². The van der Waals surface area contributed by atoms with Crippen LogP contribution < -0.4 is 0 Å². The van der Waals surface area contributed by atoms with Gasteiger partial charge in [0.2, 0.25) is 0 Å². The summed E-state index contributed by atoms with van der Waals surface area (Å²) in [5.41, 5.74) is 3.32. The average Bonchev–Trinajstić information content (AvgIpc) is 3.55. The highest BCUT2D eigenvalue weighted by Crippen LogP contribution is 2.38. The monoisotopic (exact) mass is 560 g/mol. The maximum Gasteiger partial charge on any atom is 0.434 e. The molecule has 1 atom stereocenters. The number of rotatable bonds is 5. The van der Waals surface area contributed by atoms with Gasteiger partial charge in [0.05, 0.1) is 35.3 Å². The molecule has 210 valence electrons. The molecule has 0 aromatic carbocycles.